The topological polar surface area (TPSA) is 72.6 Å². The molecule has 6 heteroatoms. The van der Waals surface area contributed by atoms with Gasteiger partial charge in [0, 0.05) is 30.6 Å². The molecule has 0 amide bonds. The SMILES string of the molecule is COC(=O)CCN(C)c1ccc2c(-c3ccccc3C)cc(=O)oc2n1. The summed E-state index contributed by atoms with van der Waals surface area (Å²) < 4.78 is 9.97. The van der Waals surface area contributed by atoms with Crippen molar-refractivity contribution in [2.45, 2.75) is 13.3 Å². The summed E-state index contributed by atoms with van der Waals surface area (Å²) in [4.78, 5) is 29.6. The molecule has 0 aliphatic heterocycles. The molecule has 1 aromatic carbocycles. The van der Waals surface area contributed by atoms with E-state index in [1.165, 1.54) is 13.2 Å². The smallest absolute Gasteiger partial charge is 0.338 e. The fraction of sp³-hybridized carbons (Fsp3) is 0.250. The number of aromatic nitrogens is 1. The van der Waals surface area contributed by atoms with Gasteiger partial charge in [-0.05, 0) is 30.2 Å². The third-order valence-corrected chi connectivity index (χ3v) is 4.30. The van der Waals surface area contributed by atoms with Crippen molar-refractivity contribution in [2.75, 3.05) is 25.6 Å². The van der Waals surface area contributed by atoms with Gasteiger partial charge in [-0.3, -0.25) is 4.79 Å². The van der Waals surface area contributed by atoms with E-state index in [1.807, 2.05) is 55.3 Å². The largest absolute Gasteiger partial charge is 0.469 e. The van der Waals surface area contributed by atoms with E-state index < -0.39 is 5.63 Å². The van der Waals surface area contributed by atoms with E-state index >= 15 is 0 Å². The zero-order valence-corrected chi connectivity index (χ0v) is 15.0. The van der Waals surface area contributed by atoms with Gasteiger partial charge in [-0.25, -0.2) is 4.79 Å². The quantitative estimate of drug-likeness (QED) is 0.657. The summed E-state index contributed by atoms with van der Waals surface area (Å²) >= 11 is 0. The molecule has 134 valence electrons. The highest BCUT2D eigenvalue weighted by atomic mass is 16.5. The van der Waals surface area contributed by atoms with E-state index in [4.69, 9.17) is 4.42 Å². The van der Waals surface area contributed by atoms with Crippen molar-refractivity contribution >= 4 is 22.9 Å². The average Bonchev–Trinajstić information content (AvgIpc) is 2.65. The molecule has 0 saturated carbocycles. The Bertz CT molecular complexity index is 1010. The van der Waals surface area contributed by atoms with Crippen LogP contribution in [0.5, 0.6) is 0 Å². The first-order valence-corrected chi connectivity index (χ1v) is 8.28. The van der Waals surface area contributed by atoms with Crippen molar-refractivity contribution < 1.29 is 13.9 Å². The lowest BCUT2D eigenvalue weighted by Gasteiger charge is -2.18. The molecule has 0 atom stereocenters. The number of hydrogen-bond acceptors (Lipinski definition) is 6. The Morgan fingerprint density at radius 2 is 1.96 bits per heavy atom. The van der Waals surface area contributed by atoms with Crippen LogP contribution in [0, 0.1) is 6.92 Å². The maximum absolute atomic E-state index is 12.0. The van der Waals surface area contributed by atoms with Crippen molar-refractivity contribution in [2.24, 2.45) is 0 Å². The van der Waals surface area contributed by atoms with Crippen molar-refractivity contribution in [3.8, 4) is 11.1 Å². The molecule has 0 aliphatic carbocycles. The number of hydrogen-bond donors (Lipinski definition) is 0. The van der Waals surface area contributed by atoms with Crippen molar-refractivity contribution in [3.63, 3.8) is 0 Å². The number of pyridine rings is 1. The van der Waals surface area contributed by atoms with Gasteiger partial charge in [0.25, 0.3) is 0 Å². The minimum Gasteiger partial charge on any atom is -0.469 e. The van der Waals surface area contributed by atoms with E-state index in [0.29, 0.717) is 12.4 Å². The van der Waals surface area contributed by atoms with Crippen LogP contribution in [0.3, 0.4) is 0 Å². The molecule has 2 heterocycles. The van der Waals surface area contributed by atoms with E-state index in [9.17, 15) is 9.59 Å². The first-order chi connectivity index (χ1) is 12.5. The second kappa shape index (κ2) is 7.39. The van der Waals surface area contributed by atoms with Crippen LogP contribution in [0.25, 0.3) is 22.2 Å². The summed E-state index contributed by atoms with van der Waals surface area (Å²) in [6.07, 6.45) is 0.250. The summed E-state index contributed by atoms with van der Waals surface area (Å²) in [6.45, 7) is 2.45. The maximum Gasteiger partial charge on any atom is 0.338 e. The molecule has 0 bridgehead atoms. The predicted octanol–water partition coefficient (Wildman–Crippen LogP) is 3.16. The first-order valence-electron chi connectivity index (χ1n) is 8.28. The number of ether oxygens (including phenoxy) is 1. The van der Waals surface area contributed by atoms with Crippen molar-refractivity contribution in [1.29, 1.82) is 0 Å². The van der Waals surface area contributed by atoms with Gasteiger partial charge in [0.05, 0.1) is 13.5 Å². The Kier molecular flexibility index (Phi) is 5.02. The Balaban J connectivity index is 2.02. The number of carbonyl (C=O) groups is 1. The first kappa shape index (κ1) is 17.7. The molecule has 3 rings (SSSR count). The molecular weight excluding hydrogens is 332 g/mol. The second-order valence-electron chi connectivity index (χ2n) is 6.06. The number of benzene rings is 1. The molecule has 0 saturated heterocycles. The van der Waals surface area contributed by atoms with E-state index in [0.717, 1.165) is 22.1 Å². The molecule has 0 aliphatic rings. The fourth-order valence-corrected chi connectivity index (χ4v) is 2.82. The number of methoxy groups -OCH3 is 1. The molecule has 0 spiro atoms. The molecule has 2 aromatic heterocycles. The lowest BCUT2D eigenvalue weighted by molar-refractivity contribution is -0.140. The third-order valence-electron chi connectivity index (χ3n) is 4.30. The maximum atomic E-state index is 12.0. The zero-order chi connectivity index (χ0) is 18.7. The Hall–Kier alpha value is -3.15. The summed E-state index contributed by atoms with van der Waals surface area (Å²) in [5.41, 5.74) is 2.67. The Labute approximate surface area is 151 Å². The van der Waals surface area contributed by atoms with Gasteiger partial charge in [0.15, 0.2) is 0 Å². The standard InChI is InChI=1S/C20H20N2O4/c1-13-6-4-5-7-14(13)16-12-19(24)26-20-15(16)8-9-17(21-20)22(2)11-10-18(23)25-3/h4-9,12H,10-11H2,1-3H3. The molecule has 6 nitrogen and oxygen atoms in total. The van der Waals surface area contributed by atoms with Gasteiger partial charge in [-0.1, -0.05) is 24.3 Å². The highest BCUT2D eigenvalue weighted by Crippen LogP contribution is 2.30. The number of fused-ring (bicyclic) bond motifs is 1. The normalized spacial score (nSPS) is 10.7. The summed E-state index contributed by atoms with van der Waals surface area (Å²) in [6, 6.07) is 13.1. The number of aryl methyl sites for hydroxylation is 1. The Morgan fingerprint density at radius 1 is 1.19 bits per heavy atom. The van der Waals surface area contributed by atoms with Gasteiger partial charge < -0.3 is 14.1 Å². The molecule has 0 unspecified atom stereocenters. The fourth-order valence-electron chi connectivity index (χ4n) is 2.82. The summed E-state index contributed by atoms with van der Waals surface area (Å²) in [5, 5.41) is 0.768. The van der Waals surface area contributed by atoms with E-state index in [1.54, 1.807) is 0 Å². The van der Waals surface area contributed by atoms with Gasteiger partial charge in [-0.2, -0.15) is 4.98 Å². The van der Waals surface area contributed by atoms with E-state index in [-0.39, 0.29) is 18.1 Å². The second-order valence-corrected chi connectivity index (χ2v) is 6.06. The molecule has 0 N–H and O–H groups in total. The van der Waals surface area contributed by atoms with Crippen LogP contribution < -0.4 is 10.5 Å². The van der Waals surface area contributed by atoms with Crippen LogP contribution in [-0.2, 0) is 9.53 Å². The van der Waals surface area contributed by atoms with Crippen LogP contribution in [0.2, 0.25) is 0 Å². The monoisotopic (exact) mass is 352 g/mol. The van der Waals surface area contributed by atoms with Crippen LogP contribution in [0.4, 0.5) is 5.82 Å². The molecule has 0 fully saturated rings. The highest BCUT2D eigenvalue weighted by Gasteiger charge is 2.13. The summed E-state index contributed by atoms with van der Waals surface area (Å²) in [7, 11) is 3.18. The number of nitrogens with zero attached hydrogens (tertiary/aromatic N) is 2. The van der Waals surface area contributed by atoms with Gasteiger partial charge >= 0.3 is 11.6 Å². The predicted molar refractivity (Wildman–Crippen MR) is 100 cm³/mol. The Morgan fingerprint density at radius 3 is 2.69 bits per heavy atom. The van der Waals surface area contributed by atoms with E-state index in [2.05, 4.69) is 9.72 Å². The van der Waals surface area contributed by atoms with Crippen molar-refractivity contribution in [3.05, 3.63) is 58.4 Å². The van der Waals surface area contributed by atoms with Gasteiger partial charge in [0.1, 0.15) is 5.82 Å². The minimum absolute atomic E-state index is 0.250. The number of rotatable bonds is 5. The number of esters is 1. The molecule has 3 aromatic rings. The molecule has 26 heavy (non-hydrogen) atoms. The van der Waals surface area contributed by atoms with Crippen LogP contribution in [-0.4, -0.2) is 31.7 Å². The lowest BCUT2D eigenvalue weighted by atomic mass is 9.99. The number of carbonyl (C=O) groups excluding carboxylic acids is 1. The molecule has 0 radical (unpaired) electrons. The summed E-state index contributed by atoms with van der Waals surface area (Å²) in [5.74, 6) is 0.331. The van der Waals surface area contributed by atoms with Gasteiger partial charge in [-0.15, -0.1) is 0 Å². The van der Waals surface area contributed by atoms with Gasteiger partial charge in [0.2, 0.25) is 5.71 Å². The minimum atomic E-state index is -0.447. The van der Waals surface area contributed by atoms with Crippen LogP contribution in [0.1, 0.15) is 12.0 Å². The third kappa shape index (κ3) is 3.59. The zero-order valence-electron chi connectivity index (χ0n) is 15.0. The lowest BCUT2D eigenvalue weighted by Crippen LogP contribution is -2.22. The van der Waals surface area contributed by atoms with Crippen LogP contribution >= 0.6 is 0 Å². The highest BCUT2D eigenvalue weighted by molar-refractivity contribution is 5.92. The number of anilines is 1. The van der Waals surface area contributed by atoms with Crippen molar-refractivity contribution in [1.82, 2.24) is 4.98 Å². The average molecular weight is 352 g/mol. The van der Waals surface area contributed by atoms with Crippen LogP contribution in [0.15, 0.2) is 51.7 Å². The molecular formula is C20H20N2O4.